The molecule has 17 nitrogen and oxygen atoms in total. The lowest BCUT2D eigenvalue weighted by Gasteiger charge is -2.21. The average molecular weight is 1410 g/mol. The summed E-state index contributed by atoms with van der Waals surface area (Å²) in [5.74, 6) is -2.11. The maximum atomic E-state index is 13.1. The zero-order valence-corrected chi connectivity index (χ0v) is 64.1. The number of rotatable bonds is 78. The van der Waals surface area contributed by atoms with E-state index in [4.69, 9.17) is 37.0 Å². The van der Waals surface area contributed by atoms with E-state index in [-0.39, 0.29) is 25.7 Å². The summed E-state index contributed by atoms with van der Waals surface area (Å²) in [6, 6.07) is 0. The topological polar surface area (TPSA) is 237 Å². The van der Waals surface area contributed by atoms with Crippen LogP contribution in [0, 0.1) is 0 Å². The van der Waals surface area contributed by atoms with Crippen molar-refractivity contribution in [2.75, 3.05) is 39.6 Å². The van der Waals surface area contributed by atoms with Crippen molar-refractivity contribution in [1.29, 1.82) is 0 Å². The minimum Gasteiger partial charge on any atom is -0.462 e. The summed E-state index contributed by atoms with van der Waals surface area (Å²) >= 11 is 0. The number of aliphatic hydroxyl groups is 1. The van der Waals surface area contributed by atoms with Crippen molar-refractivity contribution >= 4 is 39.5 Å². The van der Waals surface area contributed by atoms with E-state index in [0.717, 1.165) is 89.9 Å². The van der Waals surface area contributed by atoms with E-state index in [0.29, 0.717) is 25.7 Å². The predicted molar refractivity (Wildman–Crippen MR) is 391 cm³/mol. The molecule has 2 unspecified atom stereocenters. The Morgan fingerprint density at radius 1 is 0.250 bits per heavy atom. The van der Waals surface area contributed by atoms with Crippen LogP contribution in [0.3, 0.4) is 0 Å². The lowest BCUT2D eigenvalue weighted by Crippen LogP contribution is -2.30. The summed E-state index contributed by atoms with van der Waals surface area (Å²) in [5.41, 5.74) is 0. The molecular weight excluding hydrogens is 1260 g/mol. The van der Waals surface area contributed by atoms with Crippen LogP contribution in [0.15, 0.2) is 0 Å². The highest BCUT2D eigenvalue weighted by atomic mass is 31.2. The van der Waals surface area contributed by atoms with Crippen LogP contribution >= 0.6 is 15.6 Å². The molecule has 0 aromatic heterocycles. The molecule has 0 aromatic carbocycles. The molecule has 0 radical (unpaired) electrons. The smallest absolute Gasteiger partial charge is 0.462 e. The molecule has 19 heteroatoms. The Hall–Kier alpha value is -1.94. The molecule has 0 spiro atoms. The molecule has 0 rings (SSSR count). The maximum Gasteiger partial charge on any atom is 0.472 e. The highest BCUT2D eigenvalue weighted by Crippen LogP contribution is 2.45. The molecule has 5 atom stereocenters. The molecule has 0 saturated carbocycles. The zero-order valence-electron chi connectivity index (χ0n) is 62.4. The second-order valence-electron chi connectivity index (χ2n) is 27.7. The van der Waals surface area contributed by atoms with Gasteiger partial charge in [-0.2, -0.15) is 0 Å². The molecule has 96 heavy (non-hydrogen) atoms. The number of phosphoric ester groups is 2. The molecule has 0 aliphatic rings. The number of carbonyl (C=O) groups excluding carboxylic acids is 4. The first-order valence-corrected chi connectivity index (χ1v) is 43.3. The fourth-order valence-electron chi connectivity index (χ4n) is 11.9. The summed E-state index contributed by atoms with van der Waals surface area (Å²) in [6.45, 7) is 4.99. The van der Waals surface area contributed by atoms with Gasteiger partial charge < -0.3 is 33.8 Å². The Balaban J connectivity index is 5.21. The van der Waals surface area contributed by atoms with Gasteiger partial charge in [-0.3, -0.25) is 37.3 Å². The molecule has 570 valence electrons. The first-order chi connectivity index (χ1) is 46.7. The molecular formula is C77H150O17P2. The fraction of sp³-hybridized carbons (Fsp3) is 0.948. The molecule has 3 N–H and O–H groups in total. The third-order valence-corrected chi connectivity index (χ3v) is 20.0. The van der Waals surface area contributed by atoms with Crippen LogP contribution in [-0.2, 0) is 65.4 Å². The number of esters is 4. The highest BCUT2D eigenvalue weighted by molar-refractivity contribution is 7.47. The van der Waals surface area contributed by atoms with Gasteiger partial charge in [0.25, 0.3) is 0 Å². The largest absolute Gasteiger partial charge is 0.472 e. The first kappa shape index (κ1) is 94.1. The number of ether oxygens (including phenoxy) is 4. The van der Waals surface area contributed by atoms with E-state index in [1.165, 1.54) is 244 Å². The normalized spacial score (nSPS) is 13.9. The standard InChI is InChI=1S/C77H150O17P2/c1-5-9-13-17-21-25-28-31-34-35-36-37-38-41-44-48-52-56-60-64-77(82)94-73(68-88-75(80)62-58-54-50-46-42-39-32-29-26-22-18-14-10-6-2)70-92-96(85,86)90-66-71(78)65-89-95(83,84)91-69-72(67-87-74(79)61-57-53-49-45-24-20-16-12-8-4)93-76(81)63-59-55-51-47-43-40-33-30-27-23-19-15-11-7-3/h71-73,78H,5-70H2,1-4H3,(H,83,84)(H,85,86)/t71-,72+,73+/m0/s1. The number of aliphatic hydroxyl groups excluding tert-OH is 1. The van der Waals surface area contributed by atoms with Crippen molar-refractivity contribution in [3.8, 4) is 0 Å². The third-order valence-electron chi connectivity index (χ3n) is 18.1. The minimum atomic E-state index is -4.96. The van der Waals surface area contributed by atoms with Gasteiger partial charge >= 0.3 is 39.5 Å². The van der Waals surface area contributed by atoms with Crippen LogP contribution < -0.4 is 0 Å². The second kappa shape index (κ2) is 71.5. The van der Waals surface area contributed by atoms with E-state index in [1.807, 2.05) is 0 Å². The minimum absolute atomic E-state index is 0.108. The maximum absolute atomic E-state index is 13.1. The zero-order chi connectivity index (χ0) is 70.4. The van der Waals surface area contributed by atoms with E-state index in [9.17, 15) is 43.2 Å². The van der Waals surface area contributed by atoms with Crippen molar-refractivity contribution in [1.82, 2.24) is 0 Å². The molecule has 0 aromatic rings. The lowest BCUT2D eigenvalue weighted by atomic mass is 10.0. The SMILES string of the molecule is CCCCCCCCCCCCCCCCCCCCCC(=O)O[C@H](COC(=O)CCCCCCCCCCCCCCCC)COP(=O)(O)OC[C@@H](O)COP(=O)(O)OC[C@@H](COC(=O)CCCCCCCCCCC)OC(=O)CCCCCCCCCCCCCCCC. The van der Waals surface area contributed by atoms with Gasteiger partial charge in [-0.05, 0) is 25.7 Å². The summed E-state index contributed by atoms with van der Waals surface area (Å²) in [4.78, 5) is 72.8. The Kier molecular flexibility index (Phi) is 70.0. The number of hydrogen-bond acceptors (Lipinski definition) is 15. The number of phosphoric acid groups is 2. The van der Waals surface area contributed by atoms with Crippen molar-refractivity contribution in [2.45, 2.75) is 431 Å². The monoisotopic (exact) mass is 1410 g/mol. The number of hydrogen-bond donors (Lipinski definition) is 3. The Bertz CT molecular complexity index is 1830. The molecule has 0 amide bonds. The molecule has 0 aliphatic carbocycles. The number of unbranched alkanes of at least 4 members (excludes halogenated alkanes) is 52. The quantitative estimate of drug-likeness (QED) is 0.0222. The fourth-order valence-corrected chi connectivity index (χ4v) is 13.5. The summed E-state index contributed by atoms with van der Waals surface area (Å²) < 4.78 is 68.5. The van der Waals surface area contributed by atoms with Gasteiger partial charge in [-0.1, -0.05) is 362 Å². The Labute approximate surface area is 588 Å². The molecule has 0 aliphatic heterocycles. The van der Waals surface area contributed by atoms with Gasteiger partial charge in [0.15, 0.2) is 12.2 Å². The van der Waals surface area contributed by atoms with Crippen LogP contribution in [-0.4, -0.2) is 96.7 Å². The van der Waals surface area contributed by atoms with E-state index < -0.39 is 97.5 Å². The molecule has 0 fully saturated rings. The highest BCUT2D eigenvalue weighted by Gasteiger charge is 2.30. The van der Waals surface area contributed by atoms with Crippen molar-refractivity contribution < 1.29 is 80.2 Å². The van der Waals surface area contributed by atoms with Crippen molar-refractivity contribution in [3.63, 3.8) is 0 Å². The Morgan fingerprint density at radius 2 is 0.417 bits per heavy atom. The van der Waals surface area contributed by atoms with Crippen molar-refractivity contribution in [3.05, 3.63) is 0 Å². The summed E-state index contributed by atoms with van der Waals surface area (Å²) in [5, 5.41) is 10.6. The predicted octanol–water partition coefficient (Wildman–Crippen LogP) is 23.0. The second-order valence-corrected chi connectivity index (χ2v) is 30.7. The number of carbonyl (C=O) groups is 4. The van der Waals surface area contributed by atoms with Crippen LogP contribution in [0.25, 0.3) is 0 Å². The van der Waals surface area contributed by atoms with Crippen LogP contribution in [0.2, 0.25) is 0 Å². The Morgan fingerprint density at radius 3 is 0.615 bits per heavy atom. The van der Waals surface area contributed by atoms with Crippen molar-refractivity contribution in [2.24, 2.45) is 0 Å². The van der Waals surface area contributed by atoms with E-state index >= 15 is 0 Å². The van der Waals surface area contributed by atoms with Gasteiger partial charge in [0.1, 0.15) is 19.3 Å². The van der Waals surface area contributed by atoms with Gasteiger partial charge in [-0.25, -0.2) is 9.13 Å². The average Bonchev–Trinajstić information content (AvgIpc) is 1.45. The first-order valence-electron chi connectivity index (χ1n) is 40.3. The van der Waals surface area contributed by atoms with Gasteiger partial charge in [0, 0.05) is 25.7 Å². The molecule has 0 bridgehead atoms. The third kappa shape index (κ3) is 70.5. The van der Waals surface area contributed by atoms with E-state index in [1.54, 1.807) is 0 Å². The van der Waals surface area contributed by atoms with Crippen LogP contribution in [0.4, 0.5) is 0 Å². The van der Waals surface area contributed by atoms with Crippen LogP contribution in [0.5, 0.6) is 0 Å². The van der Waals surface area contributed by atoms with Gasteiger partial charge in [0.2, 0.25) is 0 Å². The van der Waals surface area contributed by atoms with Gasteiger partial charge in [-0.15, -0.1) is 0 Å². The van der Waals surface area contributed by atoms with Gasteiger partial charge in [0.05, 0.1) is 26.4 Å². The summed E-state index contributed by atoms with van der Waals surface area (Å²) in [6.07, 6.45) is 62.3. The van der Waals surface area contributed by atoms with E-state index in [2.05, 4.69) is 27.7 Å². The summed E-state index contributed by atoms with van der Waals surface area (Å²) in [7, 11) is -9.91. The lowest BCUT2D eigenvalue weighted by molar-refractivity contribution is -0.161. The molecule has 0 heterocycles. The van der Waals surface area contributed by atoms with Crippen LogP contribution in [0.1, 0.15) is 413 Å². The molecule has 0 saturated heterocycles.